The van der Waals surface area contributed by atoms with E-state index in [4.69, 9.17) is 4.74 Å². The van der Waals surface area contributed by atoms with Gasteiger partial charge in [0.1, 0.15) is 0 Å². The number of ether oxygens (including phenoxy) is 1. The summed E-state index contributed by atoms with van der Waals surface area (Å²) in [4.78, 5) is 18.7. The van der Waals surface area contributed by atoms with Gasteiger partial charge in [-0.2, -0.15) is 0 Å². The van der Waals surface area contributed by atoms with Crippen molar-refractivity contribution in [1.82, 2.24) is 9.88 Å². The molecule has 2 heterocycles. The molecular weight excluding hydrogens is 376 g/mol. The lowest BCUT2D eigenvalue weighted by Gasteiger charge is -2.29. The number of carbonyl (C=O) groups is 1. The van der Waals surface area contributed by atoms with E-state index < -0.39 is 12.0 Å². The minimum absolute atomic E-state index is 0.0322. The summed E-state index contributed by atoms with van der Waals surface area (Å²) in [6, 6.07) is 18.6. The summed E-state index contributed by atoms with van der Waals surface area (Å²) in [5, 5.41) is 11.7. The molecule has 1 aliphatic rings. The number of fused-ring (bicyclic) bond motifs is 3. The molecule has 4 rings (SSSR count). The fourth-order valence-corrected chi connectivity index (χ4v) is 4.67. The summed E-state index contributed by atoms with van der Waals surface area (Å²) in [5.41, 5.74) is 4.42. The average Bonchev–Trinajstić information content (AvgIpc) is 3.14. The number of carbonyl (C=O) groups excluding carboxylic acids is 1. The molecule has 0 amide bonds. The Morgan fingerprint density at radius 3 is 2.67 bits per heavy atom. The number of esters is 1. The molecule has 0 unspecified atom stereocenters. The highest BCUT2D eigenvalue weighted by atomic mass is 16.5. The maximum Gasteiger partial charge on any atom is 0.314 e. The molecule has 158 valence electrons. The lowest BCUT2D eigenvalue weighted by atomic mass is 9.87. The number of aromatic amines is 1. The molecule has 0 aliphatic carbocycles. The Hall–Kier alpha value is -2.63. The summed E-state index contributed by atoms with van der Waals surface area (Å²) >= 11 is 0. The second-order valence-corrected chi connectivity index (χ2v) is 8.35. The zero-order valence-corrected chi connectivity index (χ0v) is 17.7. The van der Waals surface area contributed by atoms with Crippen LogP contribution in [0.4, 0.5) is 0 Å². The quantitative estimate of drug-likeness (QED) is 0.646. The van der Waals surface area contributed by atoms with Gasteiger partial charge in [-0.05, 0) is 42.9 Å². The molecule has 2 aromatic carbocycles. The summed E-state index contributed by atoms with van der Waals surface area (Å²) in [6.45, 7) is 4.25. The zero-order chi connectivity index (χ0) is 21.1. The molecule has 0 radical (unpaired) electrons. The Morgan fingerprint density at radius 2 is 1.93 bits per heavy atom. The third kappa shape index (κ3) is 4.27. The van der Waals surface area contributed by atoms with E-state index in [1.54, 1.807) is 0 Å². The van der Waals surface area contributed by atoms with Crippen LogP contribution in [0, 0.1) is 5.92 Å². The molecule has 5 nitrogen and oxygen atoms in total. The van der Waals surface area contributed by atoms with E-state index in [0.717, 1.165) is 42.7 Å². The predicted octanol–water partition coefficient (Wildman–Crippen LogP) is 3.87. The number of nitrogens with zero attached hydrogens (tertiary/aromatic N) is 1. The van der Waals surface area contributed by atoms with Crippen LogP contribution in [0.5, 0.6) is 0 Å². The van der Waals surface area contributed by atoms with Gasteiger partial charge < -0.3 is 14.8 Å². The van der Waals surface area contributed by atoms with Gasteiger partial charge in [-0.15, -0.1) is 0 Å². The van der Waals surface area contributed by atoms with Gasteiger partial charge in [0.15, 0.2) is 0 Å². The number of aliphatic hydroxyl groups excluding tert-OH is 1. The van der Waals surface area contributed by atoms with Crippen molar-refractivity contribution >= 4 is 16.9 Å². The Kier molecular flexibility index (Phi) is 6.21. The van der Waals surface area contributed by atoms with E-state index in [1.165, 1.54) is 18.2 Å². The van der Waals surface area contributed by atoms with E-state index >= 15 is 0 Å². The first kappa shape index (κ1) is 20.6. The summed E-state index contributed by atoms with van der Waals surface area (Å²) in [7, 11) is 1.44. The molecular formula is C25H30N2O3. The Bertz CT molecular complexity index is 996. The largest absolute Gasteiger partial charge is 0.469 e. The van der Waals surface area contributed by atoms with Gasteiger partial charge >= 0.3 is 5.97 Å². The number of para-hydroxylation sites is 1. The van der Waals surface area contributed by atoms with Crippen molar-refractivity contribution in [2.75, 3.05) is 20.2 Å². The third-order valence-electron chi connectivity index (χ3n) is 6.32. The summed E-state index contributed by atoms with van der Waals surface area (Å²) in [5.74, 6) is -0.686. The molecule has 0 fully saturated rings. The van der Waals surface area contributed by atoms with Crippen LogP contribution in [0.3, 0.4) is 0 Å². The average molecular weight is 407 g/mol. The topological polar surface area (TPSA) is 65.6 Å². The number of rotatable bonds is 4. The van der Waals surface area contributed by atoms with Gasteiger partial charge in [-0.3, -0.25) is 9.69 Å². The van der Waals surface area contributed by atoms with Crippen LogP contribution in [0.25, 0.3) is 10.9 Å². The van der Waals surface area contributed by atoms with Gasteiger partial charge in [-0.25, -0.2) is 0 Å². The molecule has 5 heteroatoms. The first-order valence-electron chi connectivity index (χ1n) is 10.7. The molecule has 3 aromatic rings. The fourth-order valence-electron chi connectivity index (χ4n) is 4.67. The number of aliphatic hydroxyl groups is 1. The van der Waals surface area contributed by atoms with Crippen LogP contribution in [0.1, 0.15) is 36.1 Å². The monoisotopic (exact) mass is 406 g/mol. The molecule has 0 saturated carbocycles. The molecule has 0 bridgehead atoms. The second kappa shape index (κ2) is 9.02. The minimum atomic E-state index is -0.513. The van der Waals surface area contributed by atoms with Crippen LogP contribution in [-0.4, -0.2) is 47.3 Å². The van der Waals surface area contributed by atoms with Gasteiger partial charge in [0.25, 0.3) is 0 Å². The van der Waals surface area contributed by atoms with Crippen LogP contribution >= 0.6 is 0 Å². The predicted molar refractivity (Wildman–Crippen MR) is 118 cm³/mol. The highest BCUT2D eigenvalue weighted by molar-refractivity contribution is 5.88. The van der Waals surface area contributed by atoms with Crippen molar-refractivity contribution in [3.8, 4) is 0 Å². The fraction of sp³-hybridized carbons (Fsp3) is 0.400. The van der Waals surface area contributed by atoms with Gasteiger partial charge in [0, 0.05) is 36.2 Å². The Labute approximate surface area is 177 Å². The van der Waals surface area contributed by atoms with Crippen molar-refractivity contribution < 1.29 is 14.6 Å². The molecule has 1 aliphatic heterocycles. The number of hydrogen-bond acceptors (Lipinski definition) is 4. The lowest BCUT2D eigenvalue weighted by molar-refractivity contribution is -0.143. The van der Waals surface area contributed by atoms with E-state index in [0.29, 0.717) is 6.42 Å². The van der Waals surface area contributed by atoms with E-state index in [2.05, 4.69) is 46.3 Å². The van der Waals surface area contributed by atoms with E-state index in [1.807, 2.05) is 25.1 Å². The normalized spacial score (nSPS) is 21.3. The maximum absolute atomic E-state index is 12.8. The number of hydrogen-bond donors (Lipinski definition) is 2. The van der Waals surface area contributed by atoms with Crippen LogP contribution < -0.4 is 0 Å². The molecule has 0 saturated heterocycles. The van der Waals surface area contributed by atoms with E-state index in [-0.39, 0.29) is 11.9 Å². The van der Waals surface area contributed by atoms with Crippen molar-refractivity contribution in [3.63, 3.8) is 0 Å². The highest BCUT2D eigenvalue weighted by Gasteiger charge is 2.33. The van der Waals surface area contributed by atoms with Crippen LogP contribution in [0.2, 0.25) is 0 Å². The maximum atomic E-state index is 12.8. The first-order chi connectivity index (χ1) is 14.6. The standard InChI is InChI=1S/C25H30N2O3/c1-17(28)19-14-22(25(29)30-2)24-21(20-10-6-7-11-23(20)26-24)12-13-27(16-19)15-18-8-4-3-5-9-18/h3-11,17,19,22,26,28H,12-16H2,1-2H3/t17-,19+,22+/m1/s1. The molecule has 1 aromatic heterocycles. The van der Waals surface area contributed by atoms with Crippen molar-refractivity contribution in [1.29, 1.82) is 0 Å². The molecule has 2 N–H and O–H groups in total. The van der Waals surface area contributed by atoms with Gasteiger partial charge in [-0.1, -0.05) is 48.5 Å². The molecule has 3 atom stereocenters. The number of nitrogens with one attached hydrogen (secondary N) is 1. The van der Waals surface area contributed by atoms with Gasteiger partial charge in [0.05, 0.1) is 19.1 Å². The van der Waals surface area contributed by atoms with Crippen LogP contribution in [-0.2, 0) is 22.5 Å². The number of methoxy groups -OCH3 is 1. The SMILES string of the molecule is COC(=O)[C@H]1C[C@H]([C@@H](C)O)CN(Cc2ccccc2)CCc2c1[nH]c1ccccc21. The van der Waals surface area contributed by atoms with Gasteiger partial charge in [0.2, 0.25) is 0 Å². The zero-order valence-electron chi connectivity index (χ0n) is 17.7. The second-order valence-electron chi connectivity index (χ2n) is 8.35. The smallest absolute Gasteiger partial charge is 0.314 e. The Morgan fingerprint density at radius 1 is 1.20 bits per heavy atom. The Balaban J connectivity index is 1.74. The highest BCUT2D eigenvalue weighted by Crippen LogP contribution is 2.35. The summed E-state index contributed by atoms with van der Waals surface area (Å²) < 4.78 is 5.18. The van der Waals surface area contributed by atoms with Crippen LogP contribution in [0.15, 0.2) is 54.6 Å². The van der Waals surface area contributed by atoms with Crippen molar-refractivity contribution in [3.05, 3.63) is 71.4 Å². The van der Waals surface area contributed by atoms with E-state index in [9.17, 15) is 9.90 Å². The lowest BCUT2D eigenvalue weighted by Crippen LogP contribution is -2.36. The van der Waals surface area contributed by atoms with Crippen molar-refractivity contribution in [2.45, 2.75) is 38.3 Å². The number of aromatic nitrogens is 1. The summed E-state index contributed by atoms with van der Waals surface area (Å²) in [6.07, 6.45) is 0.878. The molecule has 30 heavy (non-hydrogen) atoms. The number of benzene rings is 2. The molecule has 0 spiro atoms. The van der Waals surface area contributed by atoms with Crippen molar-refractivity contribution in [2.24, 2.45) is 5.92 Å². The number of H-pyrrole nitrogens is 1. The minimum Gasteiger partial charge on any atom is -0.469 e. The third-order valence-corrected chi connectivity index (χ3v) is 6.32. The first-order valence-corrected chi connectivity index (χ1v) is 10.7.